The van der Waals surface area contributed by atoms with Crippen LogP contribution in [-0.4, -0.2) is 28.6 Å². The summed E-state index contributed by atoms with van der Waals surface area (Å²) in [7, 11) is 0. The average molecular weight is 436 g/mol. The fraction of sp³-hybridized carbons (Fsp3) is 0.500. The van der Waals surface area contributed by atoms with Gasteiger partial charge in [-0.05, 0) is 48.6 Å². The van der Waals surface area contributed by atoms with E-state index in [9.17, 15) is 14.4 Å². The molecule has 32 heavy (non-hydrogen) atoms. The van der Waals surface area contributed by atoms with E-state index in [4.69, 9.17) is 0 Å². The van der Waals surface area contributed by atoms with E-state index in [0.29, 0.717) is 42.1 Å². The molecule has 1 fully saturated rings. The van der Waals surface area contributed by atoms with Gasteiger partial charge in [0.05, 0.1) is 0 Å². The molecule has 2 amide bonds. The number of amides is 2. The third kappa shape index (κ3) is 5.12. The molecule has 3 N–H and O–H groups in total. The molecule has 4 rings (SSSR count). The van der Waals surface area contributed by atoms with Gasteiger partial charge in [0, 0.05) is 24.2 Å². The van der Waals surface area contributed by atoms with E-state index in [1.165, 1.54) is 12.8 Å². The third-order valence-electron chi connectivity index (χ3n) is 6.62. The number of H-pyrrole nitrogens is 1. The quantitative estimate of drug-likeness (QED) is 0.583. The van der Waals surface area contributed by atoms with Crippen molar-refractivity contribution in [3.8, 4) is 0 Å². The Labute approximate surface area is 189 Å². The lowest BCUT2D eigenvalue weighted by molar-refractivity contribution is -0.123. The lowest BCUT2D eigenvalue weighted by Gasteiger charge is -2.28. The Hall–Kier alpha value is -2.89. The molecular weight excluding hydrogens is 402 g/mol. The number of fused-ring (bicyclic) bond motifs is 1. The van der Waals surface area contributed by atoms with Crippen molar-refractivity contribution in [3.63, 3.8) is 0 Å². The summed E-state index contributed by atoms with van der Waals surface area (Å²) in [6, 6.07) is 9.14. The van der Waals surface area contributed by atoms with Gasteiger partial charge in [-0.2, -0.15) is 0 Å². The molecule has 1 atom stereocenters. The number of aromatic amines is 1. The molecule has 2 aromatic rings. The molecule has 1 aromatic carbocycles. The molecule has 0 spiro atoms. The van der Waals surface area contributed by atoms with Crippen molar-refractivity contribution in [1.82, 2.24) is 15.6 Å². The van der Waals surface area contributed by atoms with Crippen LogP contribution in [0, 0.1) is 18.3 Å². The predicted molar refractivity (Wildman–Crippen MR) is 123 cm³/mol. The number of hydrogen-bond acceptors (Lipinski definition) is 3. The zero-order valence-corrected chi connectivity index (χ0v) is 19.2. The summed E-state index contributed by atoms with van der Waals surface area (Å²) in [5.74, 6) is 0.248. The van der Waals surface area contributed by atoms with E-state index >= 15 is 0 Å². The first-order valence-electron chi connectivity index (χ1n) is 11.6. The van der Waals surface area contributed by atoms with E-state index in [-0.39, 0.29) is 23.0 Å². The highest BCUT2D eigenvalue weighted by Crippen LogP contribution is 2.37. The summed E-state index contributed by atoms with van der Waals surface area (Å²) in [6.45, 7) is 6.37. The number of benzene rings is 1. The molecule has 2 aliphatic carbocycles. The van der Waals surface area contributed by atoms with Crippen molar-refractivity contribution in [2.45, 2.75) is 71.9 Å². The van der Waals surface area contributed by atoms with E-state index in [1.807, 2.05) is 37.3 Å². The SMILES string of the molecule is Cc1c(C(=O)NC(CCC2CC2)C(=O)NCc2ccccc2)[nH]c2c1C(=O)CC(C)(C)C2. The number of nitrogens with one attached hydrogen (secondary N) is 3. The highest BCUT2D eigenvalue weighted by atomic mass is 16.2. The second-order valence-corrected chi connectivity index (χ2v) is 10.2. The summed E-state index contributed by atoms with van der Waals surface area (Å²) in [4.78, 5) is 42.0. The Balaban J connectivity index is 1.47. The maximum Gasteiger partial charge on any atom is 0.268 e. The van der Waals surface area contributed by atoms with E-state index in [1.54, 1.807) is 0 Å². The number of aromatic nitrogens is 1. The molecule has 2 aliphatic rings. The first-order valence-corrected chi connectivity index (χ1v) is 11.6. The molecule has 6 nitrogen and oxygen atoms in total. The Bertz CT molecular complexity index is 1020. The van der Waals surface area contributed by atoms with Gasteiger partial charge in [0.2, 0.25) is 5.91 Å². The van der Waals surface area contributed by atoms with Crippen molar-refractivity contribution >= 4 is 17.6 Å². The van der Waals surface area contributed by atoms with Crippen LogP contribution in [0.1, 0.15) is 83.6 Å². The topological polar surface area (TPSA) is 91.1 Å². The summed E-state index contributed by atoms with van der Waals surface area (Å²) >= 11 is 0. The van der Waals surface area contributed by atoms with Crippen LogP contribution in [0.4, 0.5) is 0 Å². The number of rotatable bonds is 8. The minimum Gasteiger partial charge on any atom is -0.354 e. The van der Waals surface area contributed by atoms with Crippen molar-refractivity contribution in [2.75, 3.05) is 0 Å². The summed E-state index contributed by atoms with van der Waals surface area (Å²) in [5, 5.41) is 5.91. The maximum absolute atomic E-state index is 13.2. The smallest absolute Gasteiger partial charge is 0.268 e. The largest absolute Gasteiger partial charge is 0.354 e. The number of carbonyl (C=O) groups excluding carboxylic acids is 3. The van der Waals surface area contributed by atoms with Crippen LogP contribution < -0.4 is 10.6 Å². The van der Waals surface area contributed by atoms with Crippen LogP contribution in [-0.2, 0) is 17.8 Å². The zero-order chi connectivity index (χ0) is 22.9. The highest BCUT2D eigenvalue weighted by Gasteiger charge is 2.36. The minimum absolute atomic E-state index is 0.0786. The van der Waals surface area contributed by atoms with Gasteiger partial charge in [0.25, 0.3) is 5.91 Å². The van der Waals surface area contributed by atoms with Gasteiger partial charge < -0.3 is 15.6 Å². The molecule has 0 radical (unpaired) electrons. The molecular formula is C26H33N3O3. The Kier molecular flexibility index (Phi) is 6.22. The van der Waals surface area contributed by atoms with Gasteiger partial charge in [-0.15, -0.1) is 0 Å². The van der Waals surface area contributed by atoms with Crippen LogP contribution in [0.3, 0.4) is 0 Å². The van der Waals surface area contributed by atoms with Gasteiger partial charge in [-0.25, -0.2) is 0 Å². The first-order chi connectivity index (χ1) is 15.2. The number of carbonyl (C=O) groups is 3. The summed E-state index contributed by atoms with van der Waals surface area (Å²) in [6.07, 6.45) is 5.15. The van der Waals surface area contributed by atoms with Crippen LogP contribution >= 0.6 is 0 Å². The minimum atomic E-state index is -0.598. The molecule has 0 aliphatic heterocycles. The Morgan fingerprint density at radius 1 is 1.16 bits per heavy atom. The Morgan fingerprint density at radius 2 is 1.88 bits per heavy atom. The van der Waals surface area contributed by atoms with Crippen molar-refractivity contribution in [3.05, 3.63) is 58.4 Å². The monoisotopic (exact) mass is 435 g/mol. The molecule has 0 saturated heterocycles. The number of Topliss-reactive ketones (excluding diaryl/α,β-unsaturated/α-hetero) is 1. The molecule has 1 saturated carbocycles. The van der Waals surface area contributed by atoms with Crippen LogP contribution in [0.25, 0.3) is 0 Å². The molecule has 6 heteroatoms. The fourth-order valence-electron chi connectivity index (χ4n) is 4.68. The first kappa shape index (κ1) is 22.3. The lowest BCUT2D eigenvalue weighted by atomic mass is 9.75. The molecule has 0 bridgehead atoms. The van der Waals surface area contributed by atoms with Crippen molar-refractivity contribution < 1.29 is 14.4 Å². The molecule has 170 valence electrons. The normalized spacial score (nSPS) is 18.0. The van der Waals surface area contributed by atoms with Gasteiger partial charge in [0.1, 0.15) is 11.7 Å². The van der Waals surface area contributed by atoms with Crippen LogP contribution in [0.15, 0.2) is 30.3 Å². The van der Waals surface area contributed by atoms with Gasteiger partial charge in [-0.1, -0.05) is 57.0 Å². The Morgan fingerprint density at radius 3 is 2.56 bits per heavy atom. The standard InChI is InChI=1S/C26H33N3O3/c1-16-22-20(13-26(2,3)14-21(22)30)28-23(16)25(32)29-19(12-11-17-9-10-17)24(31)27-15-18-7-5-4-6-8-18/h4-8,17,19,28H,9-15H2,1-3H3,(H,27,31)(H,29,32). The number of hydrogen-bond donors (Lipinski definition) is 3. The number of ketones is 1. The third-order valence-corrected chi connectivity index (χ3v) is 6.62. The van der Waals surface area contributed by atoms with Gasteiger partial charge in [0.15, 0.2) is 5.78 Å². The fourth-order valence-corrected chi connectivity index (χ4v) is 4.68. The highest BCUT2D eigenvalue weighted by molar-refractivity contribution is 6.05. The zero-order valence-electron chi connectivity index (χ0n) is 19.2. The van der Waals surface area contributed by atoms with Crippen molar-refractivity contribution in [1.29, 1.82) is 0 Å². The molecule has 1 heterocycles. The van der Waals surface area contributed by atoms with Crippen LogP contribution in [0.2, 0.25) is 0 Å². The molecule has 1 aromatic heterocycles. The van der Waals surface area contributed by atoms with E-state index in [2.05, 4.69) is 29.5 Å². The van der Waals surface area contributed by atoms with Crippen LogP contribution in [0.5, 0.6) is 0 Å². The molecule has 1 unspecified atom stereocenters. The van der Waals surface area contributed by atoms with Gasteiger partial charge >= 0.3 is 0 Å². The van der Waals surface area contributed by atoms with E-state index < -0.39 is 6.04 Å². The van der Waals surface area contributed by atoms with E-state index in [0.717, 1.165) is 24.1 Å². The second-order valence-electron chi connectivity index (χ2n) is 10.2. The second kappa shape index (κ2) is 8.93. The van der Waals surface area contributed by atoms with Crippen molar-refractivity contribution in [2.24, 2.45) is 11.3 Å². The maximum atomic E-state index is 13.2. The lowest BCUT2D eigenvalue weighted by Crippen LogP contribution is -2.46. The predicted octanol–water partition coefficient (Wildman–Crippen LogP) is 4.08. The summed E-state index contributed by atoms with van der Waals surface area (Å²) in [5.41, 5.74) is 3.45. The average Bonchev–Trinajstić information content (AvgIpc) is 3.51. The summed E-state index contributed by atoms with van der Waals surface area (Å²) < 4.78 is 0. The van der Waals surface area contributed by atoms with Gasteiger partial charge in [-0.3, -0.25) is 14.4 Å².